The molecule has 3 nitrogen and oxygen atoms in total. The fourth-order valence-corrected chi connectivity index (χ4v) is 2.66. The Morgan fingerprint density at radius 1 is 1.26 bits per heavy atom. The van der Waals surface area contributed by atoms with Crippen LogP contribution in [0.4, 0.5) is 22.0 Å². The number of alkyl halides is 5. The molecule has 1 unspecified atom stereocenters. The zero-order chi connectivity index (χ0) is 17.0. The Balaban J connectivity index is 1.97. The molecule has 0 aromatic heterocycles. The Morgan fingerprint density at radius 2 is 1.91 bits per heavy atom. The zero-order valence-electron chi connectivity index (χ0n) is 12.6. The summed E-state index contributed by atoms with van der Waals surface area (Å²) in [5.41, 5.74) is 0.0744. The van der Waals surface area contributed by atoms with Gasteiger partial charge in [0.15, 0.2) is 0 Å². The van der Waals surface area contributed by atoms with Crippen molar-refractivity contribution >= 4 is 0 Å². The lowest BCUT2D eigenvalue weighted by Crippen LogP contribution is -2.53. The second kappa shape index (κ2) is 7.55. The van der Waals surface area contributed by atoms with Crippen LogP contribution in [0.5, 0.6) is 0 Å². The predicted molar refractivity (Wildman–Crippen MR) is 75.2 cm³/mol. The summed E-state index contributed by atoms with van der Waals surface area (Å²) in [7, 11) is 0. The maximum absolute atomic E-state index is 12.6. The van der Waals surface area contributed by atoms with Crippen molar-refractivity contribution in [1.82, 2.24) is 10.2 Å². The van der Waals surface area contributed by atoms with Gasteiger partial charge >= 0.3 is 12.8 Å². The maximum Gasteiger partial charge on any atom is 0.416 e. The topological polar surface area (TPSA) is 24.5 Å². The summed E-state index contributed by atoms with van der Waals surface area (Å²) in [6.45, 7) is 0.775. The van der Waals surface area contributed by atoms with E-state index in [1.165, 1.54) is 12.1 Å². The Kier molecular flexibility index (Phi) is 5.94. The fourth-order valence-electron chi connectivity index (χ4n) is 2.66. The maximum atomic E-state index is 12.6. The van der Waals surface area contributed by atoms with Gasteiger partial charge in [-0.25, -0.2) is 0 Å². The molecule has 0 spiro atoms. The first-order chi connectivity index (χ1) is 10.8. The number of piperazine rings is 1. The molecule has 0 bridgehead atoms. The highest BCUT2D eigenvalue weighted by molar-refractivity contribution is 5.26. The van der Waals surface area contributed by atoms with Crippen LogP contribution in [0, 0.1) is 0 Å². The van der Waals surface area contributed by atoms with E-state index in [1.54, 1.807) is 0 Å². The molecule has 2 rings (SSSR count). The third kappa shape index (κ3) is 5.12. The molecule has 2 atom stereocenters. The molecule has 0 radical (unpaired) electrons. The van der Waals surface area contributed by atoms with E-state index in [-0.39, 0.29) is 18.7 Å². The second-order valence-corrected chi connectivity index (χ2v) is 5.54. The van der Waals surface area contributed by atoms with E-state index in [9.17, 15) is 22.0 Å². The molecular formula is C15H19F5N2O. The van der Waals surface area contributed by atoms with Crippen molar-refractivity contribution in [3.63, 3.8) is 0 Å². The smallest absolute Gasteiger partial charge is 0.321 e. The molecule has 1 heterocycles. The number of benzene rings is 1. The van der Waals surface area contributed by atoms with Crippen LogP contribution in [-0.2, 0) is 10.9 Å². The lowest BCUT2D eigenvalue weighted by Gasteiger charge is -2.37. The van der Waals surface area contributed by atoms with Crippen LogP contribution < -0.4 is 5.32 Å². The molecule has 0 aliphatic carbocycles. The summed E-state index contributed by atoms with van der Waals surface area (Å²) >= 11 is 0. The first-order valence-corrected chi connectivity index (χ1v) is 7.31. The molecule has 8 heteroatoms. The number of ether oxygens (including phenoxy) is 1. The summed E-state index contributed by atoms with van der Waals surface area (Å²) in [5.74, 6) is 0. The molecule has 0 saturated carbocycles. The van der Waals surface area contributed by atoms with Crippen LogP contribution in [0.3, 0.4) is 0 Å². The van der Waals surface area contributed by atoms with Crippen molar-refractivity contribution in [2.24, 2.45) is 0 Å². The first-order valence-electron chi connectivity index (χ1n) is 7.31. The van der Waals surface area contributed by atoms with Crippen LogP contribution in [0.25, 0.3) is 0 Å². The lowest BCUT2D eigenvalue weighted by atomic mass is 10.0. The number of rotatable bonds is 5. The highest BCUT2D eigenvalue weighted by Gasteiger charge is 2.31. The summed E-state index contributed by atoms with van der Waals surface area (Å²) in [5, 5.41) is 3.09. The van der Waals surface area contributed by atoms with Crippen LogP contribution in [0.15, 0.2) is 24.3 Å². The molecule has 1 aliphatic heterocycles. The van der Waals surface area contributed by atoms with E-state index < -0.39 is 18.4 Å². The van der Waals surface area contributed by atoms with Gasteiger partial charge in [0.25, 0.3) is 0 Å². The minimum absolute atomic E-state index is 0.103. The average molecular weight is 338 g/mol. The number of nitrogens with zero attached hydrogens (tertiary/aromatic N) is 1. The molecule has 1 fully saturated rings. The van der Waals surface area contributed by atoms with Crippen LogP contribution in [0.2, 0.25) is 0 Å². The molecule has 0 amide bonds. The molecule has 1 aliphatic rings. The van der Waals surface area contributed by atoms with Gasteiger partial charge < -0.3 is 10.1 Å². The number of hydrogen-bond donors (Lipinski definition) is 1. The fraction of sp³-hybridized carbons (Fsp3) is 0.600. The van der Waals surface area contributed by atoms with Crippen molar-refractivity contribution in [2.75, 3.05) is 26.2 Å². The highest BCUT2D eigenvalue weighted by Crippen LogP contribution is 2.31. The molecule has 130 valence electrons. The van der Waals surface area contributed by atoms with Gasteiger partial charge in [0.1, 0.15) is 0 Å². The first kappa shape index (κ1) is 18.1. The molecular weight excluding hydrogens is 319 g/mol. The number of hydrogen-bond acceptors (Lipinski definition) is 3. The quantitative estimate of drug-likeness (QED) is 0.834. The van der Waals surface area contributed by atoms with Gasteiger partial charge in [-0.15, -0.1) is 0 Å². The largest absolute Gasteiger partial charge is 0.416 e. The highest BCUT2D eigenvalue weighted by atomic mass is 19.4. The Morgan fingerprint density at radius 3 is 2.48 bits per heavy atom. The Labute approximate surface area is 131 Å². The van der Waals surface area contributed by atoms with Crippen molar-refractivity contribution < 1.29 is 26.7 Å². The van der Waals surface area contributed by atoms with E-state index in [0.717, 1.165) is 17.7 Å². The van der Waals surface area contributed by atoms with E-state index in [4.69, 9.17) is 0 Å². The molecule has 1 N–H and O–H groups in total. The predicted octanol–water partition coefficient (Wildman–Crippen LogP) is 3.28. The summed E-state index contributed by atoms with van der Waals surface area (Å²) < 4.78 is 66.2. The lowest BCUT2D eigenvalue weighted by molar-refractivity contribution is -0.138. The minimum atomic E-state index is -4.35. The van der Waals surface area contributed by atoms with Crippen molar-refractivity contribution in [1.29, 1.82) is 0 Å². The van der Waals surface area contributed by atoms with E-state index in [1.807, 2.05) is 11.8 Å². The van der Waals surface area contributed by atoms with Gasteiger partial charge in [0.05, 0.1) is 12.2 Å². The van der Waals surface area contributed by atoms with E-state index in [0.29, 0.717) is 19.6 Å². The molecule has 1 aromatic carbocycles. The Bertz CT molecular complexity index is 492. The van der Waals surface area contributed by atoms with Crippen LogP contribution in [-0.4, -0.2) is 43.8 Å². The average Bonchev–Trinajstić information content (AvgIpc) is 2.52. The monoisotopic (exact) mass is 338 g/mol. The van der Waals surface area contributed by atoms with Gasteiger partial charge in [-0.05, 0) is 24.6 Å². The van der Waals surface area contributed by atoms with Gasteiger partial charge in [-0.3, -0.25) is 4.90 Å². The third-order valence-corrected chi connectivity index (χ3v) is 3.98. The normalized spacial score (nSPS) is 21.6. The summed E-state index contributed by atoms with van der Waals surface area (Å²) in [6, 6.07) is 4.71. The molecule has 1 saturated heterocycles. The number of nitrogens with one attached hydrogen (secondary N) is 1. The van der Waals surface area contributed by atoms with Crippen molar-refractivity contribution in [3.8, 4) is 0 Å². The SMILES string of the molecule is CC(c1ccc(C(F)(F)F)cc1)N1CCN[C@H](COC(F)F)C1. The minimum Gasteiger partial charge on any atom is -0.321 e. The Hall–Kier alpha value is -1.25. The van der Waals surface area contributed by atoms with Gasteiger partial charge in [0.2, 0.25) is 0 Å². The van der Waals surface area contributed by atoms with Crippen molar-refractivity contribution in [3.05, 3.63) is 35.4 Å². The van der Waals surface area contributed by atoms with Gasteiger partial charge in [0, 0.05) is 31.7 Å². The van der Waals surface area contributed by atoms with Gasteiger partial charge in [-0.2, -0.15) is 22.0 Å². The van der Waals surface area contributed by atoms with Crippen LogP contribution >= 0.6 is 0 Å². The second-order valence-electron chi connectivity index (χ2n) is 5.54. The molecule has 23 heavy (non-hydrogen) atoms. The standard InChI is InChI=1S/C15H19F5N2O/c1-10(11-2-4-12(5-3-11)15(18,19)20)22-7-6-21-13(8-22)9-23-14(16)17/h2-5,10,13-14,21H,6-9H2,1H3/t10?,13-/m0/s1. The zero-order valence-corrected chi connectivity index (χ0v) is 12.6. The van der Waals surface area contributed by atoms with Crippen LogP contribution in [0.1, 0.15) is 24.1 Å². The number of halogens is 5. The van der Waals surface area contributed by atoms with Crippen molar-refractivity contribution in [2.45, 2.75) is 31.8 Å². The molecule has 1 aromatic rings. The third-order valence-electron chi connectivity index (χ3n) is 3.98. The van der Waals surface area contributed by atoms with Gasteiger partial charge in [-0.1, -0.05) is 12.1 Å². The van der Waals surface area contributed by atoms with E-state index in [2.05, 4.69) is 10.1 Å². The summed E-state index contributed by atoms with van der Waals surface area (Å²) in [6.07, 6.45) is -4.35. The summed E-state index contributed by atoms with van der Waals surface area (Å²) in [4.78, 5) is 2.04. The van der Waals surface area contributed by atoms with E-state index >= 15 is 0 Å².